The molecular formula is C33H33FN6O2. The van der Waals surface area contributed by atoms with Crippen LogP contribution in [-0.4, -0.2) is 62.3 Å². The van der Waals surface area contributed by atoms with Gasteiger partial charge in [-0.15, -0.1) is 0 Å². The van der Waals surface area contributed by atoms with Crippen LogP contribution in [0.1, 0.15) is 17.3 Å². The smallest absolute Gasteiger partial charge is 0.162 e. The van der Waals surface area contributed by atoms with Crippen LogP contribution in [0.5, 0.6) is 11.5 Å². The summed E-state index contributed by atoms with van der Waals surface area (Å²) in [6, 6.07) is 24.7. The number of likely N-dealkylation sites (N-methyl/N-ethyl adjacent to an activating group) is 1. The van der Waals surface area contributed by atoms with Crippen molar-refractivity contribution in [3.63, 3.8) is 0 Å². The second-order valence-corrected chi connectivity index (χ2v) is 10.5. The molecule has 0 spiro atoms. The molecule has 1 aliphatic rings. The molecule has 1 unspecified atom stereocenters. The number of aliphatic imine (C=N–C) groups is 1. The normalized spacial score (nSPS) is 14.6. The summed E-state index contributed by atoms with van der Waals surface area (Å²) in [5.74, 6) is 1.59. The number of ether oxygens (including phenoxy) is 2. The van der Waals surface area contributed by atoms with Crippen molar-refractivity contribution in [1.29, 1.82) is 0 Å². The molecule has 1 atom stereocenters. The maximum absolute atomic E-state index is 15.5. The van der Waals surface area contributed by atoms with Crippen LogP contribution in [0.4, 0.5) is 15.8 Å². The number of fused-ring (bicyclic) bond motifs is 2. The molecule has 6 rings (SSSR count). The van der Waals surface area contributed by atoms with Crippen molar-refractivity contribution in [2.75, 3.05) is 51.6 Å². The Morgan fingerprint density at radius 3 is 2.57 bits per heavy atom. The average molecular weight is 565 g/mol. The Kier molecular flexibility index (Phi) is 7.50. The van der Waals surface area contributed by atoms with Gasteiger partial charge in [0, 0.05) is 41.9 Å². The first-order valence-corrected chi connectivity index (χ1v) is 13.8. The Balaban J connectivity index is 1.42. The molecule has 5 aromatic rings. The van der Waals surface area contributed by atoms with E-state index >= 15 is 4.39 Å². The number of aromatic amines is 1. The summed E-state index contributed by atoms with van der Waals surface area (Å²) in [4.78, 5) is 9.21. The van der Waals surface area contributed by atoms with Gasteiger partial charge in [-0.3, -0.25) is 5.10 Å². The zero-order chi connectivity index (χ0) is 29.2. The third kappa shape index (κ3) is 5.38. The fourth-order valence-corrected chi connectivity index (χ4v) is 5.15. The molecule has 0 bridgehead atoms. The van der Waals surface area contributed by atoms with Crippen LogP contribution in [0.25, 0.3) is 22.0 Å². The lowest BCUT2D eigenvalue weighted by molar-refractivity contribution is 0.250. The fraction of sp³-hybridized carbons (Fsp3) is 0.212. The second-order valence-electron chi connectivity index (χ2n) is 10.5. The largest absolute Gasteiger partial charge is 0.493 e. The number of nitrogens with zero attached hydrogens (tertiary/aromatic N) is 4. The summed E-state index contributed by atoms with van der Waals surface area (Å²) in [7, 11) is 7.59. The molecule has 1 aromatic heterocycles. The molecule has 214 valence electrons. The molecule has 0 amide bonds. The summed E-state index contributed by atoms with van der Waals surface area (Å²) >= 11 is 0. The molecule has 0 fully saturated rings. The van der Waals surface area contributed by atoms with Gasteiger partial charge in [0.25, 0.3) is 0 Å². The first-order valence-electron chi connectivity index (χ1n) is 13.8. The Bertz CT molecular complexity index is 1750. The number of hydrogen-bond acceptors (Lipinski definition) is 7. The molecule has 1 aliphatic heterocycles. The Morgan fingerprint density at radius 2 is 1.81 bits per heavy atom. The second kappa shape index (κ2) is 11.5. The quantitative estimate of drug-likeness (QED) is 0.230. The maximum atomic E-state index is 15.5. The van der Waals surface area contributed by atoms with E-state index < -0.39 is 6.17 Å². The highest BCUT2D eigenvalue weighted by molar-refractivity contribution is 6.14. The standard InChI is InChI=1S/C33H33FN6O2/c1-39(2)14-15-42-31-18-26-29(19-30(31)41-4)40(3)33(22-10-12-25(27(34)17-22)21-8-6-5-7-9-21)37-32(26)36-24-11-13-28-23(16-24)20-35-38-28/h5-13,16-20,33H,14-15H2,1-4H3,(H,35,38)(H,36,37). The molecule has 2 heterocycles. The first kappa shape index (κ1) is 27.3. The maximum Gasteiger partial charge on any atom is 0.162 e. The van der Waals surface area contributed by atoms with Crippen molar-refractivity contribution >= 4 is 28.1 Å². The van der Waals surface area contributed by atoms with Gasteiger partial charge in [-0.1, -0.05) is 42.5 Å². The Morgan fingerprint density at radius 1 is 0.976 bits per heavy atom. The van der Waals surface area contributed by atoms with Crippen molar-refractivity contribution in [2.24, 2.45) is 4.99 Å². The van der Waals surface area contributed by atoms with E-state index in [0.717, 1.165) is 45.5 Å². The minimum atomic E-state index is -0.484. The summed E-state index contributed by atoms with van der Waals surface area (Å²) in [5, 5.41) is 11.6. The van der Waals surface area contributed by atoms with Crippen molar-refractivity contribution in [3.8, 4) is 22.6 Å². The lowest BCUT2D eigenvalue weighted by Gasteiger charge is -2.35. The van der Waals surface area contributed by atoms with E-state index in [1.807, 2.05) is 98.8 Å². The molecule has 0 aliphatic carbocycles. The molecule has 0 saturated heterocycles. The molecule has 42 heavy (non-hydrogen) atoms. The van der Waals surface area contributed by atoms with Crippen molar-refractivity contribution in [1.82, 2.24) is 15.1 Å². The van der Waals surface area contributed by atoms with Gasteiger partial charge in [0.1, 0.15) is 24.4 Å². The highest BCUT2D eigenvalue weighted by Gasteiger charge is 2.30. The topological polar surface area (TPSA) is 78.0 Å². The van der Waals surface area contributed by atoms with Gasteiger partial charge in [0.05, 0.1) is 24.5 Å². The van der Waals surface area contributed by atoms with Gasteiger partial charge < -0.3 is 24.6 Å². The van der Waals surface area contributed by atoms with E-state index in [0.29, 0.717) is 29.5 Å². The van der Waals surface area contributed by atoms with Crippen molar-refractivity contribution in [2.45, 2.75) is 6.17 Å². The van der Waals surface area contributed by atoms with E-state index in [1.165, 1.54) is 0 Å². The third-order valence-corrected chi connectivity index (χ3v) is 7.41. The van der Waals surface area contributed by atoms with Crippen LogP contribution in [0.2, 0.25) is 0 Å². The molecule has 2 N–H and O–H groups in total. The van der Waals surface area contributed by atoms with Crippen molar-refractivity contribution < 1.29 is 13.9 Å². The number of amidine groups is 1. The predicted octanol–water partition coefficient (Wildman–Crippen LogP) is 6.33. The van der Waals surface area contributed by atoms with Crippen LogP contribution in [0.3, 0.4) is 0 Å². The van der Waals surface area contributed by atoms with Gasteiger partial charge in [-0.2, -0.15) is 5.10 Å². The van der Waals surface area contributed by atoms with Crippen LogP contribution in [0, 0.1) is 5.82 Å². The fourth-order valence-electron chi connectivity index (χ4n) is 5.15. The summed E-state index contributed by atoms with van der Waals surface area (Å²) in [6.45, 7) is 1.27. The molecule has 0 radical (unpaired) electrons. The van der Waals surface area contributed by atoms with E-state index in [1.54, 1.807) is 19.4 Å². The molecule has 9 heteroatoms. The van der Waals surface area contributed by atoms with Crippen LogP contribution >= 0.6 is 0 Å². The number of anilines is 2. The highest BCUT2D eigenvalue weighted by Crippen LogP contribution is 2.42. The van der Waals surface area contributed by atoms with E-state index in [9.17, 15) is 0 Å². The molecular weight excluding hydrogens is 531 g/mol. The van der Waals surface area contributed by atoms with E-state index in [4.69, 9.17) is 14.5 Å². The number of rotatable bonds is 8. The van der Waals surface area contributed by atoms with Gasteiger partial charge in [-0.25, -0.2) is 9.38 Å². The van der Waals surface area contributed by atoms with E-state index in [-0.39, 0.29) is 5.82 Å². The monoisotopic (exact) mass is 564 g/mol. The number of halogens is 1. The van der Waals surface area contributed by atoms with Crippen LogP contribution in [0.15, 0.2) is 90.1 Å². The number of nitrogens with one attached hydrogen (secondary N) is 2. The SMILES string of the molecule is COc1cc2c(cc1OCCN(C)C)C(Nc1ccc3[nH]ncc3c1)=NC(c1ccc(-c3ccccc3)c(F)c1)N2C. The Hall–Kier alpha value is -4.89. The van der Waals surface area contributed by atoms with Gasteiger partial charge >= 0.3 is 0 Å². The number of methoxy groups -OCH3 is 1. The predicted molar refractivity (Wildman–Crippen MR) is 166 cm³/mol. The number of benzene rings is 4. The minimum absolute atomic E-state index is 0.296. The summed E-state index contributed by atoms with van der Waals surface area (Å²) in [5.41, 5.74) is 5.64. The van der Waals surface area contributed by atoms with Crippen LogP contribution in [-0.2, 0) is 0 Å². The number of aromatic nitrogens is 2. The summed E-state index contributed by atoms with van der Waals surface area (Å²) in [6.07, 6.45) is 1.30. The third-order valence-electron chi connectivity index (χ3n) is 7.41. The Labute approximate surface area is 244 Å². The average Bonchev–Trinajstić information content (AvgIpc) is 3.46. The lowest BCUT2D eigenvalue weighted by Crippen LogP contribution is -2.32. The zero-order valence-corrected chi connectivity index (χ0v) is 24.1. The molecule has 0 saturated carbocycles. The lowest BCUT2D eigenvalue weighted by atomic mass is 10.00. The van der Waals surface area contributed by atoms with Crippen LogP contribution < -0.4 is 19.7 Å². The number of H-pyrrole nitrogens is 1. The first-order chi connectivity index (χ1) is 20.4. The molecule has 8 nitrogen and oxygen atoms in total. The van der Waals surface area contributed by atoms with Gasteiger partial charge in [-0.05, 0) is 55.6 Å². The highest BCUT2D eigenvalue weighted by atomic mass is 19.1. The van der Waals surface area contributed by atoms with Crippen molar-refractivity contribution in [3.05, 3.63) is 102 Å². The van der Waals surface area contributed by atoms with Gasteiger partial charge in [0.15, 0.2) is 11.5 Å². The zero-order valence-electron chi connectivity index (χ0n) is 24.1. The van der Waals surface area contributed by atoms with Gasteiger partial charge in [0.2, 0.25) is 0 Å². The summed E-state index contributed by atoms with van der Waals surface area (Å²) < 4.78 is 27.4. The number of hydrogen-bond donors (Lipinski definition) is 2. The van der Waals surface area contributed by atoms with E-state index in [2.05, 4.69) is 20.4 Å². The molecule has 4 aromatic carbocycles. The minimum Gasteiger partial charge on any atom is -0.493 e.